The van der Waals surface area contributed by atoms with Gasteiger partial charge in [-0.3, -0.25) is 4.57 Å². The number of halogens is 1. The molecule has 0 unspecified atom stereocenters. The molecule has 3 aromatic rings. The summed E-state index contributed by atoms with van der Waals surface area (Å²) in [6.07, 6.45) is 1.47. The number of methoxy groups -OCH3 is 1. The highest BCUT2D eigenvalue weighted by Gasteiger charge is 2.12. The minimum absolute atomic E-state index is 0.493. The summed E-state index contributed by atoms with van der Waals surface area (Å²) in [5.74, 6) is 0.493. The van der Waals surface area contributed by atoms with Crippen LogP contribution in [0.1, 0.15) is 5.56 Å². The number of imidazole rings is 1. The maximum atomic E-state index is 5.37. The lowest BCUT2D eigenvalue weighted by Crippen LogP contribution is -2.02. The quantitative estimate of drug-likeness (QED) is 0.736. The second-order valence-electron chi connectivity index (χ2n) is 4.19. The molecule has 7 heteroatoms. The van der Waals surface area contributed by atoms with Crippen molar-refractivity contribution in [2.75, 3.05) is 7.11 Å². The van der Waals surface area contributed by atoms with Crippen molar-refractivity contribution < 1.29 is 4.74 Å². The molecule has 0 saturated carbocycles. The van der Waals surface area contributed by atoms with Crippen molar-refractivity contribution in [3.8, 4) is 5.88 Å². The average molecular weight is 351 g/mol. The zero-order valence-electron chi connectivity index (χ0n) is 10.6. The van der Waals surface area contributed by atoms with Crippen LogP contribution in [0.15, 0.2) is 35.1 Å². The molecule has 0 aliphatic rings. The van der Waals surface area contributed by atoms with E-state index in [0.717, 1.165) is 15.7 Å². The van der Waals surface area contributed by atoms with Crippen molar-refractivity contribution in [1.29, 1.82) is 0 Å². The first-order valence-electron chi connectivity index (χ1n) is 5.91. The van der Waals surface area contributed by atoms with Gasteiger partial charge in [0.25, 0.3) is 0 Å². The van der Waals surface area contributed by atoms with Crippen LogP contribution in [0.25, 0.3) is 11.2 Å². The summed E-state index contributed by atoms with van der Waals surface area (Å²) in [7, 11) is 1.57. The molecule has 1 aromatic carbocycles. The molecule has 1 N–H and O–H groups in total. The van der Waals surface area contributed by atoms with Gasteiger partial charge in [0.1, 0.15) is 11.8 Å². The highest BCUT2D eigenvalue weighted by atomic mass is 79.9. The molecular formula is C13H11BrN4OS. The highest BCUT2D eigenvalue weighted by Crippen LogP contribution is 2.23. The number of aromatic amines is 1. The van der Waals surface area contributed by atoms with Gasteiger partial charge in [-0.2, -0.15) is 4.98 Å². The van der Waals surface area contributed by atoms with Crippen LogP contribution in [0.2, 0.25) is 0 Å². The second-order valence-corrected chi connectivity index (χ2v) is 5.43. The summed E-state index contributed by atoms with van der Waals surface area (Å²) in [5.41, 5.74) is 2.58. The van der Waals surface area contributed by atoms with E-state index in [1.807, 2.05) is 28.8 Å². The summed E-state index contributed by atoms with van der Waals surface area (Å²) in [4.78, 5) is 11.5. The van der Waals surface area contributed by atoms with E-state index in [1.54, 1.807) is 7.11 Å². The van der Waals surface area contributed by atoms with E-state index in [0.29, 0.717) is 22.7 Å². The molecule has 102 valence electrons. The SMILES string of the molecule is COc1ncnc2c1[nH]c(=S)n2Cc1ccccc1Br. The third-order valence-electron chi connectivity index (χ3n) is 3.00. The standard InChI is InChI=1S/C13H11BrN4OS/c1-19-12-10-11(15-7-16-12)18(13(20)17-10)6-8-4-2-3-5-9(8)14/h2-5,7H,6H2,1H3,(H,17,20). The predicted molar refractivity (Wildman–Crippen MR) is 82.5 cm³/mol. The number of benzene rings is 1. The van der Waals surface area contributed by atoms with Crippen molar-refractivity contribution in [2.24, 2.45) is 0 Å². The number of ether oxygens (including phenoxy) is 1. The summed E-state index contributed by atoms with van der Waals surface area (Å²) >= 11 is 8.92. The Morgan fingerprint density at radius 1 is 1.35 bits per heavy atom. The van der Waals surface area contributed by atoms with E-state index in [4.69, 9.17) is 17.0 Å². The number of fused-ring (bicyclic) bond motifs is 1. The fraction of sp³-hybridized carbons (Fsp3) is 0.154. The van der Waals surface area contributed by atoms with Gasteiger partial charge in [-0.25, -0.2) is 4.98 Å². The van der Waals surface area contributed by atoms with Crippen LogP contribution in [0.4, 0.5) is 0 Å². The average Bonchev–Trinajstić information content (AvgIpc) is 2.77. The minimum Gasteiger partial charge on any atom is -0.479 e. The summed E-state index contributed by atoms with van der Waals surface area (Å²) in [6.45, 7) is 0.625. The fourth-order valence-electron chi connectivity index (χ4n) is 2.04. The van der Waals surface area contributed by atoms with E-state index < -0.39 is 0 Å². The van der Waals surface area contributed by atoms with Crippen molar-refractivity contribution in [2.45, 2.75) is 6.54 Å². The zero-order valence-corrected chi connectivity index (χ0v) is 13.0. The molecule has 0 radical (unpaired) electrons. The van der Waals surface area contributed by atoms with Gasteiger partial charge in [0.15, 0.2) is 10.4 Å². The molecule has 0 saturated heterocycles. The number of aromatic nitrogens is 4. The van der Waals surface area contributed by atoms with Gasteiger partial charge >= 0.3 is 0 Å². The fourth-order valence-corrected chi connectivity index (χ4v) is 2.71. The first-order valence-corrected chi connectivity index (χ1v) is 7.11. The Bertz CT molecular complexity index is 827. The molecule has 3 rings (SSSR count). The first kappa shape index (κ1) is 13.3. The Balaban J connectivity index is 2.15. The Labute approximate surface area is 128 Å². The maximum absolute atomic E-state index is 5.37. The lowest BCUT2D eigenvalue weighted by Gasteiger charge is -2.06. The molecule has 5 nitrogen and oxygen atoms in total. The van der Waals surface area contributed by atoms with E-state index in [9.17, 15) is 0 Å². The van der Waals surface area contributed by atoms with E-state index in [2.05, 4.69) is 30.9 Å². The van der Waals surface area contributed by atoms with Crippen LogP contribution >= 0.6 is 28.1 Å². The molecule has 0 fully saturated rings. The van der Waals surface area contributed by atoms with Crippen LogP contribution in [0.5, 0.6) is 5.88 Å². The van der Waals surface area contributed by atoms with E-state index in [-0.39, 0.29) is 0 Å². The summed E-state index contributed by atoms with van der Waals surface area (Å²) < 4.78 is 8.78. The van der Waals surface area contributed by atoms with Crippen LogP contribution in [-0.4, -0.2) is 26.6 Å². The van der Waals surface area contributed by atoms with E-state index >= 15 is 0 Å². The van der Waals surface area contributed by atoms with Crippen molar-refractivity contribution in [1.82, 2.24) is 19.5 Å². The monoisotopic (exact) mass is 350 g/mol. The zero-order chi connectivity index (χ0) is 14.1. The first-order chi connectivity index (χ1) is 9.70. The van der Waals surface area contributed by atoms with Gasteiger partial charge < -0.3 is 9.72 Å². The number of nitrogens with one attached hydrogen (secondary N) is 1. The van der Waals surface area contributed by atoms with Gasteiger partial charge in [0.2, 0.25) is 5.88 Å². The Morgan fingerprint density at radius 3 is 2.90 bits per heavy atom. The number of nitrogens with zero attached hydrogens (tertiary/aromatic N) is 3. The van der Waals surface area contributed by atoms with E-state index in [1.165, 1.54) is 6.33 Å². The van der Waals surface area contributed by atoms with Gasteiger partial charge in [-0.15, -0.1) is 0 Å². The van der Waals surface area contributed by atoms with Gasteiger partial charge in [0, 0.05) is 4.47 Å². The van der Waals surface area contributed by atoms with Crippen LogP contribution in [-0.2, 0) is 6.54 Å². The van der Waals surface area contributed by atoms with Crippen molar-refractivity contribution >= 4 is 39.3 Å². The molecular weight excluding hydrogens is 340 g/mol. The predicted octanol–water partition coefficient (Wildman–Crippen LogP) is 3.31. The molecule has 0 bridgehead atoms. The molecule has 2 aromatic heterocycles. The van der Waals surface area contributed by atoms with Gasteiger partial charge in [0.05, 0.1) is 13.7 Å². The largest absolute Gasteiger partial charge is 0.479 e. The number of H-pyrrole nitrogens is 1. The normalized spacial score (nSPS) is 10.9. The molecule has 0 amide bonds. The van der Waals surface area contributed by atoms with Gasteiger partial charge in [-0.05, 0) is 23.8 Å². The molecule has 2 heterocycles. The Hall–Kier alpha value is -1.73. The lowest BCUT2D eigenvalue weighted by atomic mass is 10.2. The van der Waals surface area contributed by atoms with Crippen LogP contribution in [0, 0.1) is 4.77 Å². The minimum atomic E-state index is 0.493. The third kappa shape index (κ3) is 2.23. The van der Waals surface area contributed by atoms with Crippen LogP contribution in [0.3, 0.4) is 0 Å². The lowest BCUT2D eigenvalue weighted by molar-refractivity contribution is 0.401. The summed E-state index contributed by atoms with van der Waals surface area (Å²) in [5, 5.41) is 0. The van der Waals surface area contributed by atoms with Crippen molar-refractivity contribution in [3.63, 3.8) is 0 Å². The smallest absolute Gasteiger partial charge is 0.242 e. The molecule has 20 heavy (non-hydrogen) atoms. The number of hydrogen-bond donors (Lipinski definition) is 1. The Morgan fingerprint density at radius 2 is 2.15 bits per heavy atom. The molecule has 0 aliphatic heterocycles. The second kappa shape index (κ2) is 5.34. The topological polar surface area (TPSA) is 55.7 Å². The molecule has 0 spiro atoms. The molecule has 0 atom stereocenters. The highest BCUT2D eigenvalue weighted by molar-refractivity contribution is 9.10. The number of hydrogen-bond acceptors (Lipinski definition) is 4. The summed E-state index contributed by atoms with van der Waals surface area (Å²) in [6, 6.07) is 8.02. The van der Waals surface area contributed by atoms with Gasteiger partial charge in [-0.1, -0.05) is 34.1 Å². The Kier molecular flexibility index (Phi) is 3.54. The number of rotatable bonds is 3. The van der Waals surface area contributed by atoms with Crippen LogP contribution < -0.4 is 4.74 Å². The maximum Gasteiger partial charge on any atom is 0.242 e. The third-order valence-corrected chi connectivity index (χ3v) is 4.10. The molecule has 0 aliphatic carbocycles. The van der Waals surface area contributed by atoms with Crippen molar-refractivity contribution in [3.05, 3.63) is 45.4 Å².